The molecule has 2 rings (SSSR count). The summed E-state index contributed by atoms with van der Waals surface area (Å²) in [6, 6.07) is 13.7. The molecule has 0 spiro atoms. The van der Waals surface area contributed by atoms with E-state index in [1.807, 2.05) is 18.2 Å². The second-order valence-electron chi connectivity index (χ2n) is 4.65. The topological polar surface area (TPSA) is 32.3 Å². The maximum absolute atomic E-state index is 9.95. The Morgan fingerprint density at radius 1 is 1.15 bits per heavy atom. The fourth-order valence-electron chi connectivity index (χ4n) is 2.17. The zero-order valence-corrected chi connectivity index (χ0v) is 12.7. The van der Waals surface area contributed by atoms with Crippen molar-refractivity contribution in [2.45, 2.75) is 25.9 Å². The van der Waals surface area contributed by atoms with Crippen LogP contribution in [0, 0.1) is 0 Å². The number of hydrogen-bond acceptors (Lipinski definition) is 2. The number of nitrogens with one attached hydrogen (secondary N) is 1. The largest absolute Gasteiger partial charge is 0.506 e. The van der Waals surface area contributed by atoms with Crippen LogP contribution in [0.15, 0.2) is 42.5 Å². The van der Waals surface area contributed by atoms with Crippen molar-refractivity contribution in [1.29, 1.82) is 0 Å². The van der Waals surface area contributed by atoms with Gasteiger partial charge in [0, 0.05) is 23.2 Å². The second kappa shape index (κ2) is 6.98. The van der Waals surface area contributed by atoms with Gasteiger partial charge in [-0.3, -0.25) is 0 Å². The van der Waals surface area contributed by atoms with Crippen LogP contribution in [0.4, 0.5) is 0 Å². The van der Waals surface area contributed by atoms with Gasteiger partial charge < -0.3 is 10.4 Å². The van der Waals surface area contributed by atoms with Crippen LogP contribution < -0.4 is 5.32 Å². The Bertz CT molecular complexity index is 572. The minimum absolute atomic E-state index is 0.0893. The summed E-state index contributed by atoms with van der Waals surface area (Å²) in [5.41, 5.74) is 1.93. The molecule has 0 aliphatic rings. The lowest BCUT2D eigenvalue weighted by Gasteiger charge is -2.18. The molecule has 2 aromatic carbocycles. The molecule has 106 valence electrons. The first-order valence-corrected chi connectivity index (χ1v) is 7.32. The zero-order valence-electron chi connectivity index (χ0n) is 11.2. The molecular weight excluding hydrogens is 293 g/mol. The number of benzene rings is 2. The molecule has 2 aromatic rings. The van der Waals surface area contributed by atoms with Crippen LogP contribution in [0.25, 0.3) is 0 Å². The molecule has 0 saturated heterocycles. The molecule has 0 fully saturated rings. The van der Waals surface area contributed by atoms with Crippen molar-refractivity contribution < 1.29 is 5.11 Å². The molecule has 1 atom stereocenters. The van der Waals surface area contributed by atoms with Crippen molar-refractivity contribution in [3.8, 4) is 5.75 Å². The Kier molecular flexibility index (Phi) is 5.30. The van der Waals surface area contributed by atoms with Crippen LogP contribution in [-0.2, 0) is 6.54 Å². The first-order valence-electron chi connectivity index (χ1n) is 6.57. The summed E-state index contributed by atoms with van der Waals surface area (Å²) in [6.07, 6.45) is 0.957. The first kappa shape index (κ1) is 15.2. The molecule has 4 heteroatoms. The molecule has 20 heavy (non-hydrogen) atoms. The van der Waals surface area contributed by atoms with E-state index in [2.05, 4.69) is 24.4 Å². The Balaban J connectivity index is 2.11. The third-order valence-electron chi connectivity index (χ3n) is 3.26. The summed E-state index contributed by atoms with van der Waals surface area (Å²) in [5.74, 6) is 0.0893. The predicted molar refractivity (Wildman–Crippen MR) is 84.4 cm³/mol. The summed E-state index contributed by atoms with van der Waals surface area (Å²) < 4.78 is 0. The Hall–Kier alpha value is -1.22. The van der Waals surface area contributed by atoms with Crippen LogP contribution in [0.3, 0.4) is 0 Å². The Morgan fingerprint density at radius 2 is 1.85 bits per heavy atom. The summed E-state index contributed by atoms with van der Waals surface area (Å²) in [7, 11) is 0. The molecule has 0 aromatic heterocycles. The molecular formula is C16H17Cl2NO. The van der Waals surface area contributed by atoms with Crippen molar-refractivity contribution in [2.75, 3.05) is 0 Å². The highest BCUT2D eigenvalue weighted by Gasteiger charge is 2.12. The zero-order chi connectivity index (χ0) is 14.5. The van der Waals surface area contributed by atoms with Gasteiger partial charge in [0.2, 0.25) is 0 Å². The van der Waals surface area contributed by atoms with E-state index in [9.17, 15) is 5.11 Å². The third-order valence-corrected chi connectivity index (χ3v) is 3.76. The van der Waals surface area contributed by atoms with Gasteiger partial charge in [-0.1, -0.05) is 60.5 Å². The Labute approximate surface area is 129 Å². The van der Waals surface area contributed by atoms with E-state index < -0.39 is 0 Å². The minimum Gasteiger partial charge on any atom is -0.506 e. The van der Waals surface area contributed by atoms with Crippen LogP contribution in [0.2, 0.25) is 10.0 Å². The molecule has 0 aliphatic heterocycles. The number of halogens is 2. The summed E-state index contributed by atoms with van der Waals surface area (Å²) >= 11 is 11.9. The average Bonchev–Trinajstić information content (AvgIpc) is 2.45. The second-order valence-corrected chi connectivity index (χ2v) is 5.49. The van der Waals surface area contributed by atoms with Gasteiger partial charge in [-0.2, -0.15) is 0 Å². The van der Waals surface area contributed by atoms with Gasteiger partial charge in [-0.05, 0) is 24.1 Å². The van der Waals surface area contributed by atoms with E-state index in [4.69, 9.17) is 23.2 Å². The van der Waals surface area contributed by atoms with Gasteiger partial charge in [0.05, 0.1) is 5.02 Å². The van der Waals surface area contributed by atoms with Gasteiger partial charge in [0.25, 0.3) is 0 Å². The third kappa shape index (κ3) is 3.66. The van der Waals surface area contributed by atoms with E-state index in [0.29, 0.717) is 17.1 Å². The maximum Gasteiger partial charge on any atom is 0.138 e. The fourth-order valence-corrected chi connectivity index (χ4v) is 2.71. The van der Waals surface area contributed by atoms with Crippen LogP contribution in [0.1, 0.15) is 30.5 Å². The van der Waals surface area contributed by atoms with E-state index >= 15 is 0 Å². The predicted octanol–water partition coefficient (Wildman–Crippen LogP) is 4.94. The highest BCUT2D eigenvalue weighted by molar-refractivity contribution is 6.35. The van der Waals surface area contributed by atoms with Crippen molar-refractivity contribution in [2.24, 2.45) is 0 Å². The summed E-state index contributed by atoms with van der Waals surface area (Å²) in [6.45, 7) is 2.63. The standard InChI is InChI=1S/C16H17Cl2NO/c1-2-15(11-6-4-3-5-7-11)19-10-12-8-13(17)9-14(18)16(12)20/h3-9,15,19-20H,2,10H2,1H3. The molecule has 0 heterocycles. The van der Waals surface area contributed by atoms with Crippen molar-refractivity contribution >= 4 is 23.2 Å². The van der Waals surface area contributed by atoms with Gasteiger partial charge in [0.15, 0.2) is 0 Å². The Morgan fingerprint density at radius 3 is 2.50 bits per heavy atom. The van der Waals surface area contributed by atoms with Gasteiger partial charge >= 0.3 is 0 Å². The highest BCUT2D eigenvalue weighted by Crippen LogP contribution is 2.31. The highest BCUT2D eigenvalue weighted by atomic mass is 35.5. The lowest BCUT2D eigenvalue weighted by atomic mass is 10.0. The first-order chi connectivity index (χ1) is 9.61. The molecule has 1 unspecified atom stereocenters. The number of hydrogen-bond donors (Lipinski definition) is 2. The number of phenolic OH excluding ortho intramolecular Hbond substituents is 1. The van der Waals surface area contributed by atoms with E-state index in [1.165, 1.54) is 11.6 Å². The van der Waals surface area contributed by atoms with Crippen molar-refractivity contribution in [1.82, 2.24) is 5.32 Å². The minimum atomic E-state index is 0.0893. The average molecular weight is 310 g/mol. The number of rotatable bonds is 5. The van der Waals surface area contributed by atoms with Crippen LogP contribution in [0.5, 0.6) is 5.75 Å². The molecule has 2 nitrogen and oxygen atoms in total. The monoisotopic (exact) mass is 309 g/mol. The fraction of sp³-hybridized carbons (Fsp3) is 0.250. The van der Waals surface area contributed by atoms with Gasteiger partial charge in [-0.25, -0.2) is 0 Å². The quantitative estimate of drug-likeness (QED) is 0.820. The SMILES string of the molecule is CCC(NCc1cc(Cl)cc(Cl)c1O)c1ccccc1. The summed E-state index contributed by atoms with van der Waals surface area (Å²) in [5, 5.41) is 14.2. The molecule has 2 N–H and O–H groups in total. The van der Waals surface area contributed by atoms with Crippen molar-refractivity contribution in [3.05, 3.63) is 63.6 Å². The molecule has 0 aliphatic carbocycles. The van der Waals surface area contributed by atoms with Crippen LogP contribution >= 0.6 is 23.2 Å². The van der Waals surface area contributed by atoms with Gasteiger partial charge in [0.1, 0.15) is 5.75 Å². The number of phenols is 1. The van der Waals surface area contributed by atoms with E-state index in [1.54, 1.807) is 6.07 Å². The van der Waals surface area contributed by atoms with Crippen molar-refractivity contribution in [3.63, 3.8) is 0 Å². The normalized spacial score (nSPS) is 12.3. The maximum atomic E-state index is 9.95. The lowest BCUT2D eigenvalue weighted by Crippen LogP contribution is -2.20. The van der Waals surface area contributed by atoms with Crippen LogP contribution in [-0.4, -0.2) is 5.11 Å². The van der Waals surface area contributed by atoms with E-state index in [0.717, 1.165) is 6.42 Å². The summed E-state index contributed by atoms with van der Waals surface area (Å²) in [4.78, 5) is 0. The van der Waals surface area contributed by atoms with Gasteiger partial charge in [-0.15, -0.1) is 0 Å². The lowest BCUT2D eigenvalue weighted by molar-refractivity contribution is 0.455. The van der Waals surface area contributed by atoms with E-state index in [-0.39, 0.29) is 16.8 Å². The molecule has 0 bridgehead atoms. The molecule has 0 amide bonds. The molecule has 0 radical (unpaired) electrons. The number of aromatic hydroxyl groups is 1. The molecule has 0 saturated carbocycles. The smallest absolute Gasteiger partial charge is 0.138 e.